The number of ketones is 1. The zero-order valence-electron chi connectivity index (χ0n) is 14.1. The number of carbonyl (C=O) groups excluding carboxylic acids is 2. The molecule has 5 nitrogen and oxygen atoms in total. The predicted molar refractivity (Wildman–Crippen MR) is 98.2 cm³/mol. The second kappa shape index (κ2) is 6.64. The first-order chi connectivity index (χ1) is 12.0. The van der Waals surface area contributed by atoms with Gasteiger partial charge in [0, 0.05) is 22.2 Å². The molecule has 0 saturated heterocycles. The fourth-order valence-electron chi connectivity index (χ4n) is 2.67. The highest BCUT2D eigenvalue weighted by Crippen LogP contribution is 2.36. The first-order valence-corrected chi connectivity index (χ1v) is 8.65. The lowest BCUT2D eigenvalue weighted by molar-refractivity contribution is 0.0527. The lowest BCUT2D eigenvalue weighted by Gasteiger charge is -2.02. The monoisotopic (exact) mass is 355 g/mol. The molecule has 6 heteroatoms. The van der Waals surface area contributed by atoms with Crippen molar-refractivity contribution in [2.24, 2.45) is 4.99 Å². The molecule has 1 aromatic heterocycles. The van der Waals surface area contributed by atoms with Crippen molar-refractivity contribution in [1.29, 1.82) is 0 Å². The highest BCUT2D eigenvalue weighted by molar-refractivity contribution is 7.16. The lowest BCUT2D eigenvalue weighted by Crippen LogP contribution is -2.05. The Bertz CT molecular complexity index is 937. The molecule has 3 rings (SSSR count). The molecule has 0 fully saturated rings. The number of benzene rings is 1. The summed E-state index contributed by atoms with van der Waals surface area (Å²) in [6.45, 7) is 5.75. The highest BCUT2D eigenvalue weighted by Gasteiger charge is 2.28. The summed E-state index contributed by atoms with van der Waals surface area (Å²) in [5, 5.41) is 10.8. The van der Waals surface area contributed by atoms with Gasteiger partial charge in [-0.25, -0.2) is 9.79 Å². The number of Topliss-reactive ketones (excluding diaryl/α,β-unsaturated/α-hetero) is 1. The molecular formula is C19H17NO4S. The Hall–Kier alpha value is -2.73. The Morgan fingerprint density at radius 3 is 2.60 bits per heavy atom. The summed E-state index contributed by atoms with van der Waals surface area (Å²) in [6, 6.07) is 6.85. The molecule has 0 spiro atoms. The van der Waals surface area contributed by atoms with E-state index < -0.39 is 5.97 Å². The van der Waals surface area contributed by atoms with Crippen LogP contribution in [0.4, 0.5) is 5.00 Å². The molecule has 1 heterocycles. The van der Waals surface area contributed by atoms with E-state index in [1.165, 1.54) is 17.6 Å². The zero-order chi connectivity index (χ0) is 18.1. The van der Waals surface area contributed by atoms with E-state index in [0.29, 0.717) is 21.7 Å². The SMILES string of the molecule is CCOC(=O)c1c(/N=C/C2=C(O)c3ccccc3C2=O)sc(C)c1C. The van der Waals surface area contributed by atoms with Crippen molar-refractivity contribution in [2.75, 3.05) is 6.61 Å². The van der Waals surface area contributed by atoms with Crippen LogP contribution in [0.2, 0.25) is 0 Å². The van der Waals surface area contributed by atoms with Gasteiger partial charge in [0.2, 0.25) is 0 Å². The topological polar surface area (TPSA) is 76.0 Å². The number of allylic oxidation sites excluding steroid dienone is 1. The van der Waals surface area contributed by atoms with Crippen molar-refractivity contribution in [3.05, 3.63) is 57.0 Å². The van der Waals surface area contributed by atoms with Crippen molar-refractivity contribution >= 4 is 40.1 Å². The van der Waals surface area contributed by atoms with Gasteiger partial charge < -0.3 is 9.84 Å². The number of hydrogen-bond acceptors (Lipinski definition) is 6. The van der Waals surface area contributed by atoms with Gasteiger partial charge in [-0.05, 0) is 26.3 Å². The van der Waals surface area contributed by atoms with Crippen LogP contribution in [0, 0.1) is 13.8 Å². The van der Waals surface area contributed by atoms with Crippen LogP contribution in [-0.2, 0) is 4.74 Å². The third-order valence-corrected chi connectivity index (χ3v) is 5.20. The molecule has 0 amide bonds. The average Bonchev–Trinajstić information content (AvgIpc) is 3.01. The van der Waals surface area contributed by atoms with Crippen LogP contribution in [-0.4, -0.2) is 29.7 Å². The molecule has 1 aliphatic rings. The number of nitrogens with zero attached hydrogens (tertiary/aromatic N) is 1. The van der Waals surface area contributed by atoms with Gasteiger partial charge >= 0.3 is 5.97 Å². The van der Waals surface area contributed by atoms with Gasteiger partial charge in [0.05, 0.1) is 17.7 Å². The van der Waals surface area contributed by atoms with Crippen molar-refractivity contribution in [1.82, 2.24) is 0 Å². The molecule has 25 heavy (non-hydrogen) atoms. The van der Waals surface area contributed by atoms with E-state index in [9.17, 15) is 14.7 Å². The van der Waals surface area contributed by atoms with Gasteiger partial charge in [0.15, 0.2) is 5.78 Å². The van der Waals surface area contributed by atoms with Gasteiger partial charge in [-0.3, -0.25) is 4.79 Å². The molecule has 1 aromatic carbocycles. The quantitative estimate of drug-likeness (QED) is 0.651. The maximum absolute atomic E-state index is 12.4. The maximum atomic E-state index is 12.4. The van der Waals surface area contributed by atoms with Crippen LogP contribution in [0.1, 0.15) is 43.6 Å². The highest BCUT2D eigenvalue weighted by atomic mass is 32.1. The molecule has 1 aliphatic carbocycles. The van der Waals surface area contributed by atoms with Crippen molar-refractivity contribution in [3.63, 3.8) is 0 Å². The molecule has 0 aliphatic heterocycles. The molecule has 0 bridgehead atoms. The van der Waals surface area contributed by atoms with Crippen LogP contribution in [0.5, 0.6) is 0 Å². The van der Waals surface area contributed by atoms with Gasteiger partial charge in [-0.2, -0.15) is 0 Å². The van der Waals surface area contributed by atoms with Crippen LogP contribution in [0.3, 0.4) is 0 Å². The minimum atomic E-state index is -0.435. The number of esters is 1. The zero-order valence-corrected chi connectivity index (χ0v) is 14.9. The number of carbonyl (C=O) groups is 2. The van der Waals surface area contributed by atoms with Gasteiger partial charge in [0.25, 0.3) is 0 Å². The number of hydrogen-bond donors (Lipinski definition) is 1. The number of rotatable bonds is 4. The van der Waals surface area contributed by atoms with E-state index >= 15 is 0 Å². The molecule has 128 valence electrons. The summed E-state index contributed by atoms with van der Waals surface area (Å²) in [6.07, 6.45) is 1.32. The summed E-state index contributed by atoms with van der Waals surface area (Å²) in [5.74, 6) is -0.803. The third kappa shape index (κ3) is 2.89. The fraction of sp³-hybridized carbons (Fsp3) is 0.211. The van der Waals surface area contributed by atoms with Crippen LogP contribution in [0.25, 0.3) is 5.76 Å². The summed E-state index contributed by atoms with van der Waals surface area (Å²) in [7, 11) is 0. The second-order valence-corrected chi connectivity index (χ2v) is 6.78. The number of aliphatic imine (C=N–C) groups is 1. The number of aliphatic hydroxyl groups excluding tert-OH is 1. The largest absolute Gasteiger partial charge is 0.506 e. The van der Waals surface area contributed by atoms with E-state index in [0.717, 1.165) is 10.4 Å². The molecule has 1 N–H and O–H groups in total. The maximum Gasteiger partial charge on any atom is 0.341 e. The van der Waals surface area contributed by atoms with Crippen molar-refractivity contribution in [3.8, 4) is 0 Å². The number of aliphatic hydroxyl groups is 1. The van der Waals surface area contributed by atoms with E-state index in [1.54, 1.807) is 31.2 Å². The Labute approximate surface area is 149 Å². The number of ether oxygens (including phenoxy) is 1. The molecular weight excluding hydrogens is 338 g/mol. The lowest BCUT2D eigenvalue weighted by atomic mass is 10.1. The Kier molecular flexibility index (Phi) is 4.55. The Morgan fingerprint density at radius 2 is 1.96 bits per heavy atom. The van der Waals surface area contributed by atoms with Gasteiger partial charge in [-0.15, -0.1) is 11.3 Å². The summed E-state index contributed by atoms with van der Waals surface area (Å²) in [5.41, 5.74) is 2.29. The van der Waals surface area contributed by atoms with Crippen molar-refractivity contribution in [2.45, 2.75) is 20.8 Å². The summed E-state index contributed by atoms with van der Waals surface area (Å²) in [4.78, 5) is 29.9. The van der Waals surface area contributed by atoms with E-state index in [2.05, 4.69) is 4.99 Å². The minimum absolute atomic E-state index is 0.0907. The summed E-state index contributed by atoms with van der Waals surface area (Å²) < 4.78 is 5.09. The van der Waals surface area contributed by atoms with Gasteiger partial charge in [0.1, 0.15) is 10.8 Å². The second-order valence-electron chi connectivity index (χ2n) is 5.58. The molecule has 0 saturated carbocycles. The van der Waals surface area contributed by atoms with Crippen LogP contribution < -0.4 is 0 Å². The number of fused-ring (bicyclic) bond motifs is 1. The normalized spacial score (nSPS) is 13.6. The summed E-state index contributed by atoms with van der Waals surface area (Å²) >= 11 is 1.35. The Balaban J connectivity index is 1.99. The molecule has 0 radical (unpaired) electrons. The van der Waals surface area contributed by atoms with E-state index in [-0.39, 0.29) is 23.7 Å². The standard InChI is InChI=1S/C19H17NO4S/c1-4-24-19(23)15-10(2)11(3)25-18(15)20-9-14-16(21)12-7-5-6-8-13(12)17(14)22/h5-9,21H,4H2,1-3H3/b20-9+. The predicted octanol–water partition coefficient (Wildman–Crippen LogP) is 4.41. The molecule has 2 aromatic rings. The fourth-order valence-corrected chi connectivity index (χ4v) is 3.66. The van der Waals surface area contributed by atoms with E-state index in [1.807, 2.05) is 13.8 Å². The first-order valence-electron chi connectivity index (χ1n) is 7.84. The smallest absolute Gasteiger partial charge is 0.341 e. The molecule has 0 unspecified atom stereocenters. The number of aryl methyl sites for hydroxylation is 1. The van der Waals surface area contributed by atoms with E-state index in [4.69, 9.17) is 4.74 Å². The van der Waals surface area contributed by atoms with Gasteiger partial charge in [-0.1, -0.05) is 24.3 Å². The molecule has 0 atom stereocenters. The third-order valence-electron chi connectivity index (χ3n) is 4.08. The minimum Gasteiger partial charge on any atom is -0.506 e. The number of thiophene rings is 1. The van der Waals surface area contributed by atoms with Crippen molar-refractivity contribution < 1.29 is 19.4 Å². The average molecular weight is 355 g/mol. The Morgan fingerprint density at radius 1 is 1.28 bits per heavy atom. The van der Waals surface area contributed by atoms with Crippen LogP contribution in [0.15, 0.2) is 34.8 Å². The van der Waals surface area contributed by atoms with Crippen LogP contribution >= 0.6 is 11.3 Å². The first kappa shape index (κ1) is 17.1.